The SMILES string of the molecule is C=C=C(C)[C@@H](OC)C1COC(C)(C)N1. The van der Waals surface area contributed by atoms with Crippen LogP contribution in [0.1, 0.15) is 20.8 Å². The quantitative estimate of drug-likeness (QED) is 0.695. The summed E-state index contributed by atoms with van der Waals surface area (Å²) in [6.07, 6.45) is -0.00530. The van der Waals surface area contributed by atoms with Crippen molar-refractivity contribution in [2.24, 2.45) is 0 Å². The molecule has 0 saturated carbocycles. The van der Waals surface area contributed by atoms with E-state index in [4.69, 9.17) is 9.47 Å². The van der Waals surface area contributed by atoms with Crippen LogP contribution in [0.25, 0.3) is 0 Å². The van der Waals surface area contributed by atoms with Crippen LogP contribution in [0.2, 0.25) is 0 Å². The monoisotopic (exact) mass is 197 g/mol. The van der Waals surface area contributed by atoms with Gasteiger partial charge in [0.1, 0.15) is 11.8 Å². The van der Waals surface area contributed by atoms with Gasteiger partial charge in [0.2, 0.25) is 0 Å². The van der Waals surface area contributed by atoms with Crippen LogP contribution in [0.5, 0.6) is 0 Å². The molecule has 0 amide bonds. The van der Waals surface area contributed by atoms with Gasteiger partial charge in [-0.1, -0.05) is 6.58 Å². The molecule has 0 bridgehead atoms. The van der Waals surface area contributed by atoms with E-state index in [0.717, 1.165) is 5.57 Å². The molecule has 0 aliphatic carbocycles. The molecule has 0 radical (unpaired) electrons. The van der Waals surface area contributed by atoms with Gasteiger partial charge in [-0.15, -0.1) is 5.73 Å². The first-order chi connectivity index (χ1) is 6.50. The zero-order valence-corrected chi connectivity index (χ0v) is 9.39. The number of ether oxygens (including phenoxy) is 2. The van der Waals surface area contributed by atoms with E-state index in [1.807, 2.05) is 20.8 Å². The van der Waals surface area contributed by atoms with Crippen LogP contribution in [0.3, 0.4) is 0 Å². The zero-order valence-electron chi connectivity index (χ0n) is 9.39. The lowest BCUT2D eigenvalue weighted by Gasteiger charge is -2.23. The number of rotatable bonds is 3. The van der Waals surface area contributed by atoms with E-state index in [2.05, 4.69) is 17.6 Å². The predicted octanol–water partition coefficient (Wildman–Crippen LogP) is 1.46. The predicted molar refractivity (Wildman–Crippen MR) is 56.1 cm³/mol. The summed E-state index contributed by atoms with van der Waals surface area (Å²) >= 11 is 0. The molecule has 1 aliphatic rings. The van der Waals surface area contributed by atoms with Crippen LogP contribution >= 0.6 is 0 Å². The summed E-state index contributed by atoms with van der Waals surface area (Å²) < 4.78 is 11.0. The molecule has 1 unspecified atom stereocenters. The minimum Gasteiger partial charge on any atom is -0.375 e. The fourth-order valence-corrected chi connectivity index (χ4v) is 1.73. The third-order valence-electron chi connectivity index (χ3n) is 2.48. The standard InChI is InChI=1S/C11H19NO2/c1-6-8(2)10(13-5)9-7-14-11(3,4)12-9/h9-10,12H,1,7H2,2-5H3/t9?,10-/m1/s1. The molecule has 80 valence electrons. The Morgan fingerprint density at radius 1 is 1.71 bits per heavy atom. The summed E-state index contributed by atoms with van der Waals surface area (Å²) in [5.41, 5.74) is 3.61. The molecule has 1 aliphatic heterocycles. The highest BCUT2D eigenvalue weighted by Crippen LogP contribution is 2.20. The van der Waals surface area contributed by atoms with E-state index in [0.29, 0.717) is 6.61 Å². The molecule has 3 nitrogen and oxygen atoms in total. The minimum atomic E-state index is -0.261. The molecule has 0 aromatic heterocycles. The molecule has 14 heavy (non-hydrogen) atoms. The van der Waals surface area contributed by atoms with Gasteiger partial charge in [0.25, 0.3) is 0 Å². The smallest absolute Gasteiger partial charge is 0.114 e. The highest BCUT2D eigenvalue weighted by atomic mass is 16.5. The molecule has 0 spiro atoms. The summed E-state index contributed by atoms with van der Waals surface area (Å²) in [5, 5.41) is 3.36. The largest absolute Gasteiger partial charge is 0.375 e. The Labute approximate surface area is 85.8 Å². The molecular formula is C11H19NO2. The Balaban J connectivity index is 2.69. The number of nitrogens with one attached hydrogen (secondary N) is 1. The Hall–Kier alpha value is -0.600. The van der Waals surface area contributed by atoms with E-state index < -0.39 is 0 Å². The highest BCUT2D eigenvalue weighted by Gasteiger charge is 2.36. The molecule has 3 heteroatoms. The summed E-state index contributed by atoms with van der Waals surface area (Å²) in [6.45, 7) is 10.3. The van der Waals surface area contributed by atoms with Gasteiger partial charge in [-0.05, 0) is 26.3 Å². The fraction of sp³-hybridized carbons (Fsp3) is 0.727. The lowest BCUT2D eigenvalue weighted by Crippen LogP contribution is -2.45. The first-order valence-electron chi connectivity index (χ1n) is 4.81. The van der Waals surface area contributed by atoms with Crippen molar-refractivity contribution in [2.45, 2.75) is 38.6 Å². The fourth-order valence-electron chi connectivity index (χ4n) is 1.73. The maximum absolute atomic E-state index is 5.58. The van der Waals surface area contributed by atoms with Crippen LogP contribution in [0, 0.1) is 0 Å². The molecule has 0 aromatic carbocycles. The second kappa shape index (κ2) is 4.28. The molecule has 1 N–H and O–H groups in total. The van der Waals surface area contributed by atoms with Gasteiger partial charge in [0.05, 0.1) is 12.6 Å². The van der Waals surface area contributed by atoms with Crippen LogP contribution in [0.4, 0.5) is 0 Å². The Kier molecular flexibility index (Phi) is 3.51. The van der Waals surface area contributed by atoms with Crippen LogP contribution in [-0.4, -0.2) is 31.6 Å². The van der Waals surface area contributed by atoms with E-state index in [1.54, 1.807) is 7.11 Å². The van der Waals surface area contributed by atoms with Gasteiger partial charge in [-0.25, -0.2) is 0 Å². The van der Waals surface area contributed by atoms with Crippen LogP contribution in [-0.2, 0) is 9.47 Å². The van der Waals surface area contributed by atoms with Gasteiger partial charge in [-0.2, -0.15) is 0 Å². The minimum absolute atomic E-state index is 0.00530. The van der Waals surface area contributed by atoms with Gasteiger partial charge < -0.3 is 9.47 Å². The molecule has 1 fully saturated rings. The first kappa shape index (κ1) is 11.5. The summed E-state index contributed by atoms with van der Waals surface area (Å²) in [4.78, 5) is 0. The second-order valence-corrected chi connectivity index (χ2v) is 4.09. The van der Waals surface area contributed by atoms with E-state index >= 15 is 0 Å². The van der Waals surface area contributed by atoms with Crippen molar-refractivity contribution in [1.82, 2.24) is 5.32 Å². The number of methoxy groups -OCH3 is 1. The Morgan fingerprint density at radius 3 is 2.71 bits per heavy atom. The van der Waals surface area contributed by atoms with Crippen molar-refractivity contribution >= 4 is 0 Å². The van der Waals surface area contributed by atoms with Gasteiger partial charge in [0, 0.05) is 7.11 Å². The van der Waals surface area contributed by atoms with Crippen molar-refractivity contribution in [3.8, 4) is 0 Å². The zero-order chi connectivity index (χ0) is 10.8. The Morgan fingerprint density at radius 2 is 2.36 bits per heavy atom. The molecule has 1 saturated heterocycles. The van der Waals surface area contributed by atoms with Crippen LogP contribution in [0.15, 0.2) is 17.9 Å². The summed E-state index contributed by atoms with van der Waals surface area (Å²) in [7, 11) is 1.69. The molecule has 0 aromatic rings. The molecule has 1 rings (SSSR count). The van der Waals surface area contributed by atoms with E-state index in [1.165, 1.54) is 0 Å². The third-order valence-corrected chi connectivity index (χ3v) is 2.48. The maximum Gasteiger partial charge on any atom is 0.114 e. The second-order valence-electron chi connectivity index (χ2n) is 4.09. The summed E-state index contributed by atoms with van der Waals surface area (Å²) in [5.74, 6) is 0. The van der Waals surface area contributed by atoms with Gasteiger partial charge >= 0.3 is 0 Å². The van der Waals surface area contributed by atoms with Crippen molar-refractivity contribution < 1.29 is 9.47 Å². The third kappa shape index (κ3) is 2.46. The average molecular weight is 197 g/mol. The van der Waals surface area contributed by atoms with E-state index in [-0.39, 0.29) is 17.9 Å². The van der Waals surface area contributed by atoms with Crippen molar-refractivity contribution in [2.75, 3.05) is 13.7 Å². The number of hydrogen-bond acceptors (Lipinski definition) is 3. The lowest BCUT2D eigenvalue weighted by atomic mass is 10.1. The lowest BCUT2D eigenvalue weighted by molar-refractivity contribution is 0.0224. The highest BCUT2D eigenvalue weighted by molar-refractivity contribution is 5.08. The normalized spacial score (nSPS) is 27.0. The van der Waals surface area contributed by atoms with Crippen molar-refractivity contribution in [3.05, 3.63) is 17.9 Å². The Bertz CT molecular complexity index is 254. The summed E-state index contributed by atoms with van der Waals surface area (Å²) in [6, 6.07) is 0.184. The molecule has 1 heterocycles. The molecule has 2 atom stereocenters. The topological polar surface area (TPSA) is 30.5 Å². The first-order valence-corrected chi connectivity index (χ1v) is 4.81. The maximum atomic E-state index is 5.58. The average Bonchev–Trinajstić information content (AvgIpc) is 2.47. The van der Waals surface area contributed by atoms with Gasteiger partial charge in [-0.3, -0.25) is 5.32 Å². The van der Waals surface area contributed by atoms with Crippen LogP contribution < -0.4 is 5.32 Å². The molecular weight excluding hydrogens is 178 g/mol. The van der Waals surface area contributed by atoms with Crippen molar-refractivity contribution in [1.29, 1.82) is 0 Å². The van der Waals surface area contributed by atoms with Gasteiger partial charge in [0.15, 0.2) is 0 Å². The van der Waals surface area contributed by atoms with E-state index in [9.17, 15) is 0 Å². The number of hydrogen-bond donors (Lipinski definition) is 1. The van der Waals surface area contributed by atoms with Crippen molar-refractivity contribution in [3.63, 3.8) is 0 Å².